The Morgan fingerprint density at radius 3 is 2.95 bits per heavy atom. The number of esters is 1. The molecule has 0 aromatic heterocycles. The Morgan fingerprint density at radius 1 is 1.48 bits per heavy atom. The first-order valence-electron chi connectivity index (χ1n) is 7.04. The van der Waals surface area contributed by atoms with E-state index in [1.54, 1.807) is 6.92 Å². The predicted molar refractivity (Wildman–Crippen MR) is 76.1 cm³/mol. The number of amides is 1. The number of anilines is 1. The van der Waals surface area contributed by atoms with Crippen LogP contribution in [0.2, 0.25) is 0 Å². The molecule has 0 bridgehead atoms. The van der Waals surface area contributed by atoms with Crippen LogP contribution in [0.5, 0.6) is 0 Å². The highest BCUT2D eigenvalue weighted by molar-refractivity contribution is 5.99. The van der Waals surface area contributed by atoms with E-state index in [1.807, 2.05) is 0 Å². The molecule has 1 aliphatic heterocycles. The van der Waals surface area contributed by atoms with Gasteiger partial charge in [0.1, 0.15) is 5.82 Å². The number of hydrogen-bond donors (Lipinski definition) is 1. The van der Waals surface area contributed by atoms with Gasteiger partial charge >= 0.3 is 5.97 Å². The van der Waals surface area contributed by atoms with Crippen LogP contribution in [0.25, 0.3) is 0 Å². The van der Waals surface area contributed by atoms with Gasteiger partial charge in [-0.15, -0.1) is 0 Å². The maximum Gasteiger partial charge on any atom is 0.310 e. The van der Waals surface area contributed by atoms with E-state index in [1.165, 1.54) is 17.0 Å². The second-order valence-corrected chi connectivity index (χ2v) is 5.07. The Bertz CT molecular complexity index is 548. The van der Waals surface area contributed by atoms with E-state index in [4.69, 9.17) is 10.5 Å². The monoisotopic (exact) mass is 294 g/mol. The zero-order valence-corrected chi connectivity index (χ0v) is 12.0. The van der Waals surface area contributed by atoms with Crippen molar-refractivity contribution in [3.63, 3.8) is 0 Å². The van der Waals surface area contributed by atoms with Crippen LogP contribution in [-0.4, -0.2) is 36.5 Å². The fourth-order valence-electron chi connectivity index (χ4n) is 2.50. The fraction of sp³-hybridized carbons (Fsp3) is 0.467. The highest BCUT2D eigenvalue weighted by Crippen LogP contribution is 2.22. The average molecular weight is 294 g/mol. The molecule has 1 amide bonds. The lowest BCUT2D eigenvalue weighted by Crippen LogP contribution is -2.43. The van der Waals surface area contributed by atoms with Crippen molar-refractivity contribution in [2.75, 3.05) is 25.4 Å². The minimum atomic E-state index is -0.508. The van der Waals surface area contributed by atoms with Crippen molar-refractivity contribution < 1.29 is 18.7 Å². The highest BCUT2D eigenvalue weighted by atomic mass is 19.1. The van der Waals surface area contributed by atoms with Crippen LogP contribution in [0.1, 0.15) is 30.1 Å². The molecule has 1 aromatic rings. The molecule has 2 N–H and O–H groups in total. The van der Waals surface area contributed by atoms with Crippen LogP contribution in [-0.2, 0) is 9.53 Å². The molecule has 1 aliphatic rings. The number of nitrogens with zero attached hydrogens (tertiary/aromatic N) is 1. The number of ether oxygens (including phenoxy) is 1. The maximum atomic E-state index is 13.3. The van der Waals surface area contributed by atoms with E-state index in [9.17, 15) is 14.0 Å². The van der Waals surface area contributed by atoms with Crippen LogP contribution in [0, 0.1) is 11.7 Å². The number of hydrogen-bond acceptors (Lipinski definition) is 4. The first-order chi connectivity index (χ1) is 10.0. The summed E-state index contributed by atoms with van der Waals surface area (Å²) in [6.45, 7) is 2.88. The van der Waals surface area contributed by atoms with Gasteiger partial charge in [0.25, 0.3) is 5.91 Å². The van der Waals surface area contributed by atoms with Gasteiger partial charge in [0.15, 0.2) is 0 Å². The van der Waals surface area contributed by atoms with Crippen LogP contribution >= 0.6 is 0 Å². The number of rotatable bonds is 3. The van der Waals surface area contributed by atoms with Crippen molar-refractivity contribution in [1.29, 1.82) is 0 Å². The average Bonchev–Trinajstić information content (AvgIpc) is 2.49. The van der Waals surface area contributed by atoms with Gasteiger partial charge in [-0.2, -0.15) is 0 Å². The van der Waals surface area contributed by atoms with Crippen molar-refractivity contribution in [2.45, 2.75) is 19.8 Å². The molecule has 0 saturated carbocycles. The SMILES string of the molecule is CCOC(=O)C1CCCN(C(=O)c2cc(F)ccc2N)C1. The lowest BCUT2D eigenvalue weighted by Gasteiger charge is -2.31. The minimum absolute atomic E-state index is 0.138. The van der Waals surface area contributed by atoms with E-state index < -0.39 is 5.82 Å². The number of benzene rings is 1. The summed E-state index contributed by atoms with van der Waals surface area (Å²) in [7, 11) is 0. The number of piperidine rings is 1. The summed E-state index contributed by atoms with van der Waals surface area (Å²) in [6, 6.07) is 3.71. The Balaban J connectivity index is 2.12. The standard InChI is InChI=1S/C15H19FN2O3/c1-2-21-15(20)10-4-3-7-18(9-10)14(19)12-8-11(16)5-6-13(12)17/h5-6,8,10H,2-4,7,9,17H2,1H3. The first kappa shape index (κ1) is 15.3. The molecular formula is C15H19FN2O3. The zero-order chi connectivity index (χ0) is 15.4. The second kappa shape index (κ2) is 6.56. The smallest absolute Gasteiger partial charge is 0.310 e. The molecule has 0 aliphatic carbocycles. The van der Waals surface area contributed by atoms with Crippen molar-refractivity contribution in [2.24, 2.45) is 5.92 Å². The zero-order valence-electron chi connectivity index (χ0n) is 12.0. The number of nitrogens with two attached hydrogens (primary N) is 1. The Morgan fingerprint density at radius 2 is 2.24 bits per heavy atom. The summed E-state index contributed by atoms with van der Waals surface area (Å²) in [5, 5.41) is 0. The summed E-state index contributed by atoms with van der Waals surface area (Å²) in [5.41, 5.74) is 6.11. The summed E-state index contributed by atoms with van der Waals surface area (Å²) in [4.78, 5) is 25.7. The van der Waals surface area contributed by atoms with Gasteiger partial charge in [0.05, 0.1) is 18.1 Å². The van der Waals surface area contributed by atoms with Gasteiger partial charge in [-0.05, 0) is 38.0 Å². The normalized spacial score (nSPS) is 18.4. The van der Waals surface area contributed by atoms with Crippen LogP contribution in [0.4, 0.5) is 10.1 Å². The van der Waals surface area contributed by atoms with E-state index in [-0.39, 0.29) is 35.6 Å². The van der Waals surface area contributed by atoms with Crippen molar-refractivity contribution in [3.8, 4) is 0 Å². The van der Waals surface area contributed by atoms with E-state index in [2.05, 4.69) is 0 Å². The van der Waals surface area contributed by atoms with Gasteiger partial charge in [-0.3, -0.25) is 9.59 Å². The molecule has 0 radical (unpaired) electrons. The van der Waals surface area contributed by atoms with E-state index >= 15 is 0 Å². The largest absolute Gasteiger partial charge is 0.466 e. The lowest BCUT2D eigenvalue weighted by molar-refractivity contribution is -0.149. The molecule has 0 spiro atoms. The van der Waals surface area contributed by atoms with Gasteiger partial charge < -0.3 is 15.4 Å². The molecule has 2 rings (SSSR count). The van der Waals surface area contributed by atoms with E-state index in [0.29, 0.717) is 26.0 Å². The first-order valence-corrected chi connectivity index (χ1v) is 7.04. The Kier molecular flexibility index (Phi) is 4.77. The third-order valence-electron chi connectivity index (χ3n) is 3.57. The molecule has 1 unspecified atom stereocenters. The maximum absolute atomic E-state index is 13.3. The van der Waals surface area contributed by atoms with Crippen LogP contribution < -0.4 is 5.73 Å². The van der Waals surface area contributed by atoms with Crippen molar-refractivity contribution >= 4 is 17.6 Å². The van der Waals surface area contributed by atoms with Crippen LogP contribution in [0.3, 0.4) is 0 Å². The molecule has 114 valence electrons. The highest BCUT2D eigenvalue weighted by Gasteiger charge is 2.30. The molecule has 1 aromatic carbocycles. The quantitative estimate of drug-likeness (QED) is 0.682. The molecule has 5 nitrogen and oxygen atoms in total. The van der Waals surface area contributed by atoms with Gasteiger partial charge in [0, 0.05) is 18.8 Å². The van der Waals surface area contributed by atoms with E-state index in [0.717, 1.165) is 6.07 Å². The Labute approximate surface area is 122 Å². The van der Waals surface area contributed by atoms with Crippen molar-refractivity contribution in [3.05, 3.63) is 29.6 Å². The molecule has 6 heteroatoms. The lowest BCUT2D eigenvalue weighted by atomic mass is 9.97. The van der Waals surface area contributed by atoms with Gasteiger partial charge in [-0.1, -0.05) is 0 Å². The third kappa shape index (κ3) is 3.51. The molecule has 1 heterocycles. The number of likely N-dealkylation sites (tertiary alicyclic amines) is 1. The second-order valence-electron chi connectivity index (χ2n) is 5.07. The van der Waals surface area contributed by atoms with Gasteiger partial charge in [-0.25, -0.2) is 4.39 Å². The number of halogens is 1. The number of nitrogen functional groups attached to an aromatic ring is 1. The number of carbonyl (C=O) groups excluding carboxylic acids is 2. The van der Waals surface area contributed by atoms with Crippen LogP contribution in [0.15, 0.2) is 18.2 Å². The predicted octanol–water partition coefficient (Wildman–Crippen LogP) is 1.82. The summed E-state index contributed by atoms with van der Waals surface area (Å²) < 4.78 is 18.3. The molecule has 1 saturated heterocycles. The third-order valence-corrected chi connectivity index (χ3v) is 3.57. The summed E-state index contributed by atoms with van der Waals surface area (Å²) in [6.07, 6.45) is 1.41. The topological polar surface area (TPSA) is 72.6 Å². The van der Waals surface area contributed by atoms with Crippen molar-refractivity contribution in [1.82, 2.24) is 4.90 Å². The molecule has 21 heavy (non-hydrogen) atoms. The minimum Gasteiger partial charge on any atom is -0.466 e. The molecule has 1 fully saturated rings. The fourth-order valence-corrected chi connectivity index (χ4v) is 2.50. The Hall–Kier alpha value is -2.11. The number of carbonyl (C=O) groups is 2. The summed E-state index contributed by atoms with van der Waals surface area (Å²) in [5.74, 6) is -1.47. The molecular weight excluding hydrogens is 275 g/mol. The van der Waals surface area contributed by atoms with Gasteiger partial charge in [0.2, 0.25) is 0 Å². The molecule has 1 atom stereocenters. The summed E-state index contributed by atoms with van der Waals surface area (Å²) >= 11 is 0.